The third kappa shape index (κ3) is 5.37. The molecular weight excluding hydrogens is 333 g/mol. The zero-order chi connectivity index (χ0) is 17.5. The van der Waals surface area contributed by atoms with Crippen LogP contribution in [0.3, 0.4) is 0 Å². The molecule has 0 unspecified atom stereocenters. The Bertz CT molecular complexity index is 707. The predicted octanol–water partition coefficient (Wildman–Crippen LogP) is 3.85. The van der Waals surface area contributed by atoms with Crippen molar-refractivity contribution in [3.05, 3.63) is 72.1 Å². The van der Waals surface area contributed by atoms with Crippen LogP contribution in [0.4, 0.5) is 10.1 Å². The highest BCUT2D eigenvalue weighted by Gasteiger charge is 2.18. The van der Waals surface area contributed by atoms with Gasteiger partial charge in [-0.1, -0.05) is 42.5 Å². The molecular formula is C20H22FN3S. The van der Waals surface area contributed by atoms with E-state index in [2.05, 4.69) is 39.4 Å². The van der Waals surface area contributed by atoms with Crippen LogP contribution in [0.1, 0.15) is 5.56 Å². The molecule has 3 rings (SSSR count). The van der Waals surface area contributed by atoms with Crippen LogP contribution in [0.25, 0.3) is 6.08 Å². The molecule has 0 atom stereocenters. The van der Waals surface area contributed by atoms with Gasteiger partial charge >= 0.3 is 0 Å². The molecule has 0 radical (unpaired) electrons. The molecule has 0 saturated carbocycles. The van der Waals surface area contributed by atoms with E-state index < -0.39 is 0 Å². The Morgan fingerprint density at radius 2 is 1.68 bits per heavy atom. The van der Waals surface area contributed by atoms with E-state index in [9.17, 15) is 4.39 Å². The van der Waals surface area contributed by atoms with Crippen LogP contribution < -0.4 is 5.32 Å². The molecule has 5 heteroatoms. The van der Waals surface area contributed by atoms with Crippen molar-refractivity contribution in [3.63, 3.8) is 0 Å². The number of thiocarbonyl (C=S) groups is 1. The lowest BCUT2D eigenvalue weighted by molar-refractivity contribution is 0.200. The number of hydrogen-bond donors (Lipinski definition) is 1. The second-order valence-corrected chi connectivity index (χ2v) is 6.42. The van der Waals surface area contributed by atoms with Crippen LogP contribution >= 0.6 is 12.2 Å². The molecule has 0 bridgehead atoms. The summed E-state index contributed by atoms with van der Waals surface area (Å²) < 4.78 is 12.9. The van der Waals surface area contributed by atoms with E-state index in [-0.39, 0.29) is 5.82 Å². The van der Waals surface area contributed by atoms with E-state index in [0.29, 0.717) is 5.11 Å². The summed E-state index contributed by atoms with van der Waals surface area (Å²) in [5.41, 5.74) is 2.05. The molecule has 1 N–H and O–H groups in total. The first-order chi connectivity index (χ1) is 12.2. The van der Waals surface area contributed by atoms with Gasteiger partial charge in [0.05, 0.1) is 0 Å². The van der Waals surface area contributed by atoms with Gasteiger partial charge in [0.2, 0.25) is 0 Å². The van der Waals surface area contributed by atoms with E-state index >= 15 is 0 Å². The smallest absolute Gasteiger partial charge is 0.173 e. The number of nitrogens with one attached hydrogen (secondary N) is 1. The average molecular weight is 355 g/mol. The molecule has 1 saturated heterocycles. The van der Waals surface area contributed by atoms with Gasteiger partial charge in [0.25, 0.3) is 0 Å². The number of rotatable bonds is 4. The Hall–Kier alpha value is -2.24. The molecule has 0 aromatic heterocycles. The normalized spacial score (nSPS) is 15.5. The van der Waals surface area contributed by atoms with Gasteiger partial charge in [-0.25, -0.2) is 4.39 Å². The van der Waals surface area contributed by atoms with Crippen LogP contribution in [-0.2, 0) is 0 Å². The molecule has 3 nitrogen and oxygen atoms in total. The summed E-state index contributed by atoms with van der Waals surface area (Å²) >= 11 is 5.47. The van der Waals surface area contributed by atoms with Crippen LogP contribution in [0, 0.1) is 5.82 Å². The topological polar surface area (TPSA) is 18.5 Å². The molecule has 2 aromatic carbocycles. The minimum atomic E-state index is -0.242. The van der Waals surface area contributed by atoms with Gasteiger partial charge < -0.3 is 10.2 Å². The van der Waals surface area contributed by atoms with Crippen molar-refractivity contribution in [1.29, 1.82) is 0 Å². The van der Waals surface area contributed by atoms with Crippen molar-refractivity contribution in [3.8, 4) is 0 Å². The molecule has 130 valence electrons. The Kier molecular flexibility index (Phi) is 6.14. The van der Waals surface area contributed by atoms with Crippen LogP contribution in [-0.4, -0.2) is 47.6 Å². The minimum Gasteiger partial charge on any atom is -0.346 e. The summed E-state index contributed by atoms with van der Waals surface area (Å²) in [7, 11) is 0. The summed E-state index contributed by atoms with van der Waals surface area (Å²) in [6, 6.07) is 16.6. The second kappa shape index (κ2) is 8.74. The Labute approximate surface area is 153 Å². The highest BCUT2D eigenvalue weighted by atomic mass is 32.1. The standard InChI is InChI=1S/C20H22FN3S/c21-18-8-10-19(11-9-18)22-20(25)24-15-13-23(14-16-24)12-4-7-17-5-2-1-3-6-17/h1-11H,12-16H2,(H,22,25)/b7-4+. The molecule has 1 aliphatic heterocycles. The molecule has 1 fully saturated rings. The third-order valence-electron chi connectivity index (χ3n) is 4.23. The van der Waals surface area contributed by atoms with Gasteiger partial charge in [0, 0.05) is 38.4 Å². The maximum atomic E-state index is 12.9. The van der Waals surface area contributed by atoms with Gasteiger partial charge in [-0.15, -0.1) is 0 Å². The summed E-state index contributed by atoms with van der Waals surface area (Å²) in [6.07, 6.45) is 4.37. The van der Waals surface area contributed by atoms with E-state index in [1.807, 2.05) is 18.2 Å². The maximum absolute atomic E-state index is 12.9. The lowest BCUT2D eigenvalue weighted by Gasteiger charge is -2.35. The number of benzene rings is 2. The van der Waals surface area contributed by atoms with Gasteiger partial charge in [-0.3, -0.25) is 4.90 Å². The van der Waals surface area contributed by atoms with E-state index in [0.717, 1.165) is 38.4 Å². The minimum absolute atomic E-state index is 0.242. The molecule has 25 heavy (non-hydrogen) atoms. The average Bonchev–Trinajstić information content (AvgIpc) is 2.65. The highest BCUT2D eigenvalue weighted by molar-refractivity contribution is 7.80. The molecule has 2 aromatic rings. The second-order valence-electron chi connectivity index (χ2n) is 6.04. The van der Waals surface area contributed by atoms with Crippen LogP contribution in [0.2, 0.25) is 0 Å². The monoisotopic (exact) mass is 355 g/mol. The fourth-order valence-corrected chi connectivity index (χ4v) is 3.07. The van der Waals surface area contributed by atoms with E-state index in [1.165, 1.54) is 17.7 Å². The van der Waals surface area contributed by atoms with Crippen molar-refractivity contribution in [1.82, 2.24) is 9.80 Å². The molecule has 1 heterocycles. The highest BCUT2D eigenvalue weighted by Crippen LogP contribution is 2.11. The molecule has 0 spiro atoms. The van der Waals surface area contributed by atoms with Crippen molar-refractivity contribution in [2.24, 2.45) is 0 Å². The number of nitrogens with zero attached hydrogens (tertiary/aromatic N) is 2. The summed E-state index contributed by atoms with van der Waals surface area (Å²) in [5.74, 6) is -0.242. The van der Waals surface area contributed by atoms with Gasteiger partial charge in [-0.2, -0.15) is 0 Å². The van der Waals surface area contributed by atoms with Gasteiger partial charge in [-0.05, 0) is 42.0 Å². The van der Waals surface area contributed by atoms with Crippen molar-refractivity contribution in [2.75, 3.05) is 38.0 Å². The zero-order valence-corrected chi connectivity index (χ0v) is 14.9. The summed E-state index contributed by atoms with van der Waals surface area (Å²) in [6.45, 7) is 4.69. The Morgan fingerprint density at radius 1 is 1.00 bits per heavy atom. The van der Waals surface area contributed by atoms with Crippen molar-refractivity contribution < 1.29 is 4.39 Å². The maximum Gasteiger partial charge on any atom is 0.173 e. The van der Waals surface area contributed by atoms with Crippen molar-refractivity contribution >= 4 is 29.1 Å². The Balaban J connectivity index is 1.42. The summed E-state index contributed by atoms with van der Waals surface area (Å²) in [4.78, 5) is 4.58. The molecule has 0 amide bonds. The number of piperazine rings is 1. The largest absolute Gasteiger partial charge is 0.346 e. The first-order valence-electron chi connectivity index (χ1n) is 8.46. The summed E-state index contributed by atoms with van der Waals surface area (Å²) in [5, 5.41) is 3.88. The number of hydrogen-bond acceptors (Lipinski definition) is 2. The fourth-order valence-electron chi connectivity index (χ4n) is 2.77. The van der Waals surface area contributed by atoms with Gasteiger partial charge in [0.15, 0.2) is 5.11 Å². The van der Waals surface area contributed by atoms with E-state index in [4.69, 9.17) is 12.2 Å². The predicted molar refractivity (Wildman–Crippen MR) is 106 cm³/mol. The van der Waals surface area contributed by atoms with Crippen LogP contribution in [0.5, 0.6) is 0 Å². The third-order valence-corrected chi connectivity index (χ3v) is 4.59. The quantitative estimate of drug-likeness (QED) is 0.839. The Morgan fingerprint density at radius 3 is 2.36 bits per heavy atom. The first-order valence-corrected chi connectivity index (χ1v) is 8.87. The zero-order valence-electron chi connectivity index (χ0n) is 14.1. The van der Waals surface area contributed by atoms with Crippen LogP contribution in [0.15, 0.2) is 60.7 Å². The molecule has 0 aliphatic carbocycles. The van der Waals surface area contributed by atoms with E-state index in [1.54, 1.807) is 12.1 Å². The lowest BCUT2D eigenvalue weighted by Crippen LogP contribution is -2.49. The lowest BCUT2D eigenvalue weighted by atomic mass is 10.2. The number of anilines is 1. The van der Waals surface area contributed by atoms with Gasteiger partial charge in [0.1, 0.15) is 5.82 Å². The van der Waals surface area contributed by atoms with Crippen molar-refractivity contribution in [2.45, 2.75) is 0 Å². The number of halogens is 1. The fraction of sp³-hybridized carbons (Fsp3) is 0.250. The molecule has 1 aliphatic rings. The first kappa shape index (κ1) is 17.6. The SMILES string of the molecule is Fc1ccc(NC(=S)N2CCN(C/C=C/c3ccccc3)CC2)cc1.